The van der Waals surface area contributed by atoms with E-state index >= 15 is 0 Å². The Morgan fingerprint density at radius 1 is 0.973 bits per heavy atom. The molecule has 0 radical (unpaired) electrons. The fourth-order valence-corrected chi connectivity index (χ4v) is 6.82. The van der Waals surface area contributed by atoms with Gasteiger partial charge in [0.2, 0.25) is 5.95 Å². The Hall–Kier alpha value is -3.41. The van der Waals surface area contributed by atoms with Crippen LogP contribution in [0.3, 0.4) is 0 Å². The Morgan fingerprint density at radius 3 is 2.51 bits per heavy atom. The van der Waals surface area contributed by atoms with Crippen LogP contribution in [0.15, 0.2) is 68.5 Å². The Bertz CT molecular complexity index is 1630. The van der Waals surface area contributed by atoms with Crippen molar-refractivity contribution >= 4 is 50.4 Å². The van der Waals surface area contributed by atoms with Gasteiger partial charge < -0.3 is 9.47 Å². The number of aromatic amines is 1. The Labute approximate surface area is 221 Å². The Balaban J connectivity index is 1.24. The van der Waals surface area contributed by atoms with Crippen molar-refractivity contribution in [2.24, 2.45) is 7.05 Å². The molecule has 1 fully saturated rings. The van der Waals surface area contributed by atoms with Gasteiger partial charge in [0, 0.05) is 52.1 Å². The van der Waals surface area contributed by atoms with E-state index in [-0.39, 0.29) is 0 Å². The molecule has 0 aliphatic carbocycles. The number of thioether (sulfide) groups is 1. The lowest BCUT2D eigenvalue weighted by Crippen LogP contribution is -2.47. The highest BCUT2D eigenvalue weighted by molar-refractivity contribution is 8.01. The van der Waals surface area contributed by atoms with Crippen molar-refractivity contribution in [3.63, 3.8) is 0 Å². The van der Waals surface area contributed by atoms with Gasteiger partial charge >= 0.3 is 5.69 Å². The summed E-state index contributed by atoms with van der Waals surface area (Å²) in [6.45, 7) is 4.89. The molecule has 0 atom stereocenters. The summed E-state index contributed by atoms with van der Waals surface area (Å²) in [5, 5.41) is 0. The third-order valence-electron chi connectivity index (χ3n) is 6.71. The number of aryl methyl sites for hydroxylation is 2. The molecule has 2 aromatic carbocycles. The third kappa shape index (κ3) is 4.81. The van der Waals surface area contributed by atoms with Crippen LogP contribution in [0, 0.1) is 0 Å². The van der Waals surface area contributed by atoms with Gasteiger partial charge in [0.15, 0.2) is 15.5 Å². The van der Waals surface area contributed by atoms with Crippen molar-refractivity contribution in [1.29, 1.82) is 0 Å². The lowest BCUT2D eigenvalue weighted by atomic mass is 10.2. The highest BCUT2D eigenvalue weighted by atomic mass is 32.2. The van der Waals surface area contributed by atoms with E-state index in [2.05, 4.69) is 45.1 Å². The molecule has 1 N–H and O–H groups in total. The first-order valence-corrected chi connectivity index (χ1v) is 14.1. The quantitative estimate of drug-likeness (QED) is 0.321. The molecule has 0 bridgehead atoms. The summed E-state index contributed by atoms with van der Waals surface area (Å²) in [7, 11) is 1.65. The van der Waals surface area contributed by atoms with Gasteiger partial charge in [0.1, 0.15) is 0 Å². The lowest BCUT2D eigenvalue weighted by Gasteiger charge is -2.35. The molecule has 4 heterocycles. The largest absolute Gasteiger partial charge is 0.340 e. The molecule has 1 saturated heterocycles. The maximum atomic E-state index is 12.9. The maximum Gasteiger partial charge on any atom is 0.329 e. The second-order valence-corrected chi connectivity index (χ2v) is 11.5. The smallest absolute Gasteiger partial charge is 0.329 e. The van der Waals surface area contributed by atoms with Crippen molar-refractivity contribution in [1.82, 2.24) is 29.0 Å². The summed E-state index contributed by atoms with van der Waals surface area (Å²) in [6.07, 6.45) is 0. The van der Waals surface area contributed by atoms with E-state index in [1.807, 2.05) is 28.8 Å². The number of piperazine rings is 1. The van der Waals surface area contributed by atoms with Crippen LogP contribution in [0.1, 0.15) is 5.56 Å². The molecule has 9 nitrogen and oxygen atoms in total. The minimum Gasteiger partial charge on any atom is -0.340 e. The summed E-state index contributed by atoms with van der Waals surface area (Å²) in [4.78, 5) is 41.8. The summed E-state index contributed by atoms with van der Waals surface area (Å²) < 4.78 is 5.56. The molecule has 37 heavy (non-hydrogen) atoms. The number of hydrogen-bond acceptors (Lipinski definition) is 8. The van der Waals surface area contributed by atoms with Gasteiger partial charge in [-0.1, -0.05) is 54.2 Å². The van der Waals surface area contributed by atoms with Crippen LogP contribution in [0.5, 0.6) is 0 Å². The number of thiazole rings is 1. The van der Waals surface area contributed by atoms with Crippen LogP contribution in [-0.2, 0) is 20.1 Å². The zero-order valence-corrected chi connectivity index (χ0v) is 22.1. The van der Waals surface area contributed by atoms with Crippen LogP contribution < -0.4 is 16.1 Å². The van der Waals surface area contributed by atoms with Crippen molar-refractivity contribution in [2.75, 3.05) is 36.8 Å². The molecule has 5 aromatic rings. The van der Waals surface area contributed by atoms with Crippen molar-refractivity contribution in [2.45, 2.75) is 17.4 Å². The molecular formula is C26H27N7O2S2. The summed E-state index contributed by atoms with van der Waals surface area (Å²) >= 11 is 3.35. The minimum absolute atomic E-state index is 0.399. The first-order valence-electron chi connectivity index (χ1n) is 12.3. The van der Waals surface area contributed by atoms with Crippen molar-refractivity contribution in [3.8, 4) is 0 Å². The number of rotatable bonds is 7. The highest BCUT2D eigenvalue weighted by Crippen LogP contribution is 2.30. The fourth-order valence-electron chi connectivity index (χ4n) is 4.76. The molecular weight excluding hydrogens is 506 g/mol. The fraction of sp³-hybridized carbons (Fsp3) is 0.308. The second kappa shape index (κ2) is 10.2. The van der Waals surface area contributed by atoms with Crippen molar-refractivity contribution in [3.05, 3.63) is 81.0 Å². The highest BCUT2D eigenvalue weighted by Gasteiger charge is 2.25. The number of nitrogens with one attached hydrogen (secondary N) is 1. The molecule has 190 valence electrons. The standard InChI is InChI=1S/C26H27N7O2S2/c1-30-22-21(23(34)29-25(30)35)33(15-16-36-26-27-19-9-5-6-10-20(19)37-26)24(28-22)32-13-11-31(12-14-32)17-18-7-3-2-4-8-18/h2-10H,11-17H2,1H3,(H,29,34,35). The Morgan fingerprint density at radius 2 is 1.73 bits per heavy atom. The number of imidazole rings is 1. The first-order chi connectivity index (χ1) is 18.1. The molecule has 11 heteroatoms. The topological polar surface area (TPSA) is 92.0 Å². The summed E-state index contributed by atoms with van der Waals surface area (Å²) in [5.41, 5.74) is 2.31. The molecule has 0 saturated carbocycles. The van der Waals surface area contributed by atoms with E-state index in [9.17, 15) is 9.59 Å². The van der Waals surface area contributed by atoms with Crippen LogP contribution in [0.25, 0.3) is 21.4 Å². The van der Waals surface area contributed by atoms with Gasteiger partial charge in [0.25, 0.3) is 5.56 Å². The van der Waals surface area contributed by atoms with E-state index in [1.54, 1.807) is 30.1 Å². The zero-order valence-electron chi connectivity index (χ0n) is 20.5. The van der Waals surface area contributed by atoms with Crippen molar-refractivity contribution < 1.29 is 0 Å². The second-order valence-electron chi connectivity index (χ2n) is 9.10. The summed E-state index contributed by atoms with van der Waals surface area (Å²) in [5.74, 6) is 1.47. The van der Waals surface area contributed by atoms with Gasteiger partial charge in [-0.3, -0.25) is 19.2 Å². The summed E-state index contributed by atoms with van der Waals surface area (Å²) in [6, 6.07) is 18.6. The number of aromatic nitrogens is 5. The average Bonchev–Trinajstić information content (AvgIpc) is 3.50. The molecule has 1 aliphatic heterocycles. The van der Waals surface area contributed by atoms with E-state index in [1.165, 1.54) is 14.8 Å². The average molecular weight is 534 g/mol. The van der Waals surface area contributed by atoms with Crippen LogP contribution >= 0.6 is 23.1 Å². The molecule has 0 amide bonds. The zero-order chi connectivity index (χ0) is 25.4. The predicted octanol–water partition coefficient (Wildman–Crippen LogP) is 3.15. The van der Waals surface area contributed by atoms with Crippen LogP contribution in [0.2, 0.25) is 0 Å². The SMILES string of the molecule is Cn1c(=O)[nH]c(=O)c2c1nc(N1CCN(Cc3ccccc3)CC1)n2CCSc1nc2ccccc2s1. The first kappa shape index (κ1) is 24.0. The predicted molar refractivity (Wildman–Crippen MR) is 150 cm³/mol. The van der Waals surface area contributed by atoms with Crippen LogP contribution in [-0.4, -0.2) is 60.9 Å². The van der Waals surface area contributed by atoms with Gasteiger partial charge in [-0.05, 0) is 17.7 Å². The number of nitrogens with zero attached hydrogens (tertiary/aromatic N) is 6. The molecule has 0 spiro atoms. The number of H-pyrrole nitrogens is 1. The molecule has 1 aliphatic rings. The molecule has 3 aromatic heterocycles. The number of para-hydroxylation sites is 1. The Kier molecular flexibility index (Phi) is 6.58. The number of benzene rings is 2. The normalized spacial score (nSPS) is 14.7. The molecule has 0 unspecified atom stereocenters. The van der Waals surface area contributed by atoms with Gasteiger partial charge in [-0.2, -0.15) is 4.98 Å². The van der Waals surface area contributed by atoms with Crippen LogP contribution in [0.4, 0.5) is 5.95 Å². The molecule has 6 rings (SSSR count). The lowest BCUT2D eigenvalue weighted by molar-refractivity contribution is 0.248. The van der Waals surface area contributed by atoms with Gasteiger partial charge in [-0.25, -0.2) is 9.78 Å². The number of hydrogen-bond donors (Lipinski definition) is 1. The van der Waals surface area contributed by atoms with E-state index in [0.29, 0.717) is 17.7 Å². The third-order valence-corrected chi connectivity index (χ3v) is 8.87. The monoisotopic (exact) mass is 533 g/mol. The van der Waals surface area contributed by atoms with E-state index in [0.717, 1.165) is 54.3 Å². The van der Waals surface area contributed by atoms with E-state index < -0.39 is 11.2 Å². The van der Waals surface area contributed by atoms with E-state index in [4.69, 9.17) is 9.97 Å². The number of fused-ring (bicyclic) bond motifs is 2. The van der Waals surface area contributed by atoms with Gasteiger partial charge in [-0.15, -0.1) is 11.3 Å². The number of anilines is 1. The van der Waals surface area contributed by atoms with Gasteiger partial charge in [0.05, 0.1) is 10.2 Å². The maximum absolute atomic E-state index is 12.9. The minimum atomic E-state index is -0.453.